The highest BCUT2D eigenvalue weighted by atomic mass is 19.4. The molecule has 1 aromatic carbocycles. The number of rotatable bonds is 6. The number of methoxy groups -OCH3 is 1. The molecule has 1 N–H and O–H groups in total. The molecule has 1 aliphatic rings. The number of alkyl halides is 3. The maximum atomic E-state index is 13.5. The Balaban J connectivity index is 1.91. The Labute approximate surface area is 187 Å². The molecule has 12 heteroatoms. The number of piperazine rings is 1. The minimum atomic E-state index is -4.74. The number of nitrogens with one attached hydrogen (secondary N) is 1. The molecule has 2 heterocycles. The minimum Gasteiger partial charge on any atom is -0.383 e. The van der Waals surface area contributed by atoms with Gasteiger partial charge in [0.05, 0.1) is 36.5 Å². The Morgan fingerprint density at radius 2 is 2.09 bits per heavy atom. The largest absolute Gasteiger partial charge is 0.417 e. The molecule has 2 aromatic rings. The van der Waals surface area contributed by atoms with Gasteiger partial charge in [0.1, 0.15) is 11.7 Å². The van der Waals surface area contributed by atoms with E-state index >= 15 is 0 Å². The van der Waals surface area contributed by atoms with E-state index in [2.05, 4.69) is 15.3 Å². The van der Waals surface area contributed by atoms with Crippen molar-refractivity contribution in [2.45, 2.75) is 12.2 Å². The average Bonchev–Trinajstić information content (AvgIpc) is 2.83. The summed E-state index contributed by atoms with van der Waals surface area (Å²) in [5.41, 5.74) is -1.37. The second-order valence-corrected chi connectivity index (χ2v) is 7.17. The number of ether oxygens (including phenoxy) is 1. The summed E-state index contributed by atoms with van der Waals surface area (Å²) in [6.45, 7) is 0.612. The maximum Gasteiger partial charge on any atom is 0.417 e. The van der Waals surface area contributed by atoms with Gasteiger partial charge in [-0.2, -0.15) is 18.4 Å². The molecule has 1 fully saturated rings. The summed E-state index contributed by atoms with van der Waals surface area (Å²) >= 11 is 0. The SMILES string of the molecule is COCCNC(=O)C1CN(C(=O)c2cnccn2)CCN1c1ccc(C#N)c(C(F)(F)F)c1. The normalized spacial score (nSPS) is 16.3. The van der Waals surface area contributed by atoms with Crippen LogP contribution in [0.3, 0.4) is 0 Å². The van der Waals surface area contributed by atoms with Crippen LogP contribution in [0.15, 0.2) is 36.8 Å². The van der Waals surface area contributed by atoms with E-state index in [0.717, 1.165) is 12.1 Å². The average molecular weight is 462 g/mol. The second kappa shape index (κ2) is 10.3. The van der Waals surface area contributed by atoms with Gasteiger partial charge in [-0.3, -0.25) is 14.6 Å². The van der Waals surface area contributed by atoms with E-state index in [0.29, 0.717) is 0 Å². The van der Waals surface area contributed by atoms with E-state index in [1.165, 1.54) is 41.6 Å². The zero-order valence-corrected chi connectivity index (χ0v) is 17.7. The van der Waals surface area contributed by atoms with Crippen LogP contribution >= 0.6 is 0 Å². The Bertz CT molecular complexity index is 1040. The van der Waals surface area contributed by atoms with Gasteiger partial charge >= 0.3 is 6.18 Å². The summed E-state index contributed by atoms with van der Waals surface area (Å²) in [5, 5.41) is 11.7. The molecule has 174 valence electrons. The molecule has 1 atom stereocenters. The lowest BCUT2D eigenvalue weighted by Gasteiger charge is -2.42. The maximum absolute atomic E-state index is 13.5. The number of anilines is 1. The summed E-state index contributed by atoms with van der Waals surface area (Å²) in [7, 11) is 1.47. The third-order valence-corrected chi connectivity index (χ3v) is 5.12. The predicted molar refractivity (Wildman–Crippen MR) is 110 cm³/mol. The van der Waals surface area contributed by atoms with E-state index in [-0.39, 0.29) is 44.2 Å². The van der Waals surface area contributed by atoms with Crippen molar-refractivity contribution in [1.29, 1.82) is 5.26 Å². The lowest BCUT2D eigenvalue weighted by Crippen LogP contribution is -2.60. The van der Waals surface area contributed by atoms with Gasteiger partial charge in [-0.25, -0.2) is 4.98 Å². The number of carbonyl (C=O) groups is 2. The summed E-state index contributed by atoms with van der Waals surface area (Å²) in [5.74, 6) is -0.908. The molecular weight excluding hydrogens is 441 g/mol. The van der Waals surface area contributed by atoms with Crippen LogP contribution in [0.25, 0.3) is 0 Å². The monoisotopic (exact) mass is 462 g/mol. The first-order valence-corrected chi connectivity index (χ1v) is 9.96. The van der Waals surface area contributed by atoms with Crippen molar-refractivity contribution in [3.63, 3.8) is 0 Å². The predicted octanol–water partition coefficient (Wildman–Crippen LogP) is 1.46. The van der Waals surface area contributed by atoms with Crippen molar-refractivity contribution < 1.29 is 27.5 Å². The Morgan fingerprint density at radius 3 is 2.73 bits per heavy atom. The first-order valence-electron chi connectivity index (χ1n) is 9.96. The minimum absolute atomic E-state index is 0.0738. The zero-order valence-electron chi connectivity index (χ0n) is 17.7. The van der Waals surface area contributed by atoms with Gasteiger partial charge in [-0.05, 0) is 18.2 Å². The summed E-state index contributed by atoms with van der Waals surface area (Å²) < 4.78 is 45.3. The molecule has 1 aliphatic heterocycles. The molecule has 9 nitrogen and oxygen atoms in total. The molecule has 1 unspecified atom stereocenters. The topological polar surface area (TPSA) is 111 Å². The highest BCUT2D eigenvalue weighted by Gasteiger charge is 2.38. The summed E-state index contributed by atoms with van der Waals surface area (Å²) in [4.78, 5) is 36.5. The Morgan fingerprint density at radius 1 is 1.30 bits per heavy atom. The van der Waals surface area contributed by atoms with Crippen LogP contribution in [0.1, 0.15) is 21.6 Å². The van der Waals surface area contributed by atoms with Crippen LogP contribution in [0.2, 0.25) is 0 Å². The molecule has 3 rings (SSSR count). The van der Waals surface area contributed by atoms with Crippen molar-refractivity contribution in [3.8, 4) is 6.07 Å². The number of halogens is 3. The van der Waals surface area contributed by atoms with Gasteiger partial charge < -0.3 is 19.9 Å². The van der Waals surface area contributed by atoms with E-state index in [9.17, 15) is 22.8 Å². The third kappa shape index (κ3) is 5.56. The summed E-state index contributed by atoms with van der Waals surface area (Å²) in [6, 6.07) is 3.87. The van der Waals surface area contributed by atoms with Crippen LogP contribution in [0.4, 0.5) is 18.9 Å². The van der Waals surface area contributed by atoms with Crippen molar-refractivity contribution in [2.24, 2.45) is 0 Å². The van der Waals surface area contributed by atoms with E-state index < -0.39 is 35.2 Å². The lowest BCUT2D eigenvalue weighted by molar-refractivity contribution is -0.137. The van der Waals surface area contributed by atoms with Gasteiger partial charge in [0.15, 0.2) is 0 Å². The fourth-order valence-corrected chi connectivity index (χ4v) is 3.51. The van der Waals surface area contributed by atoms with E-state index in [1.807, 2.05) is 0 Å². The van der Waals surface area contributed by atoms with Crippen LogP contribution in [-0.4, -0.2) is 72.6 Å². The van der Waals surface area contributed by atoms with E-state index in [4.69, 9.17) is 10.00 Å². The molecule has 2 amide bonds. The number of hydrogen-bond acceptors (Lipinski definition) is 7. The van der Waals surface area contributed by atoms with Crippen LogP contribution in [-0.2, 0) is 15.7 Å². The highest BCUT2D eigenvalue weighted by Crippen LogP contribution is 2.35. The molecule has 1 saturated heterocycles. The van der Waals surface area contributed by atoms with Crippen molar-refractivity contribution in [3.05, 3.63) is 53.6 Å². The van der Waals surface area contributed by atoms with Crippen molar-refractivity contribution >= 4 is 17.5 Å². The van der Waals surface area contributed by atoms with Crippen molar-refractivity contribution in [2.75, 3.05) is 44.8 Å². The number of carbonyl (C=O) groups excluding carboxylic acids is 2. The molecule has 0 radical (unpaired) electrons. The Kier molecular flexibility index (Phi) is 7.44. The number of nitriles is 1. The quantitative estimate of drug-likeness (QED) is 0.647. The van der Waals surface area contributed by atoms with Gasteiger partial charge in [0.2, 0.25) is 5.91 Å². The molecular formula is C21H21F3N6O3. The van der Waals surface area contributed by atoms with Crippen LogP contribution in [0, 0.1) is 11.3 Å². The highest BCUT2D eigenvalue weighted by molar-refractivity contribution is 5.93. The fourth-order valence-electron chi connectivity index (χ4n) is 3.51. The molecule has 1 aromatic heterocycles. The standard InChI is InChI=1S/C21H21F3N6O3/c1-33-9-6-28-19(31)18-13-29(20(32)17-12-26-4-5-27-17)7-8-30(18)15-3-2-14(11-25)16(10-15)21(22,23)24/h2-5,10,12,18H,6-9,13H2,1H3,(H,28,31). The zero-order chi connectivity index (χ0) is 24.0. The number of hydrogen-bond donors (Lipinski definition) is 1. The molecule has 0 saturated carbocycles. The molecule has 0 bridgehead atoms. The number of nitrogens with zero attached hydrogens (tertiary/aromatic N) is 5. The first-order chi connectivity index (χ1) is 15.8. The summed E-state index contributed by atoms with van der Waals surface area (Å²) in [6.07, 6.45) is -0.641. The molecule has 0 aliphatic carbocycles. The number of amides is 2. The van der Waals surface area contributed by atoms with Crippen LogP contribution in [0.5, 0.6) is 0 Å². The van der Waals surface area contributed by atoms with Crippen LogP contribution < -0.4 is 10.2 Å². The smallest absolute Gasteiger partial charge is 0.383 e. The fraction of sp³-hybridized carbons (Fsp3) is 0.381. The first kappa shape index (κ1) is 23.9. The third-order valence-electron chi connectivity index (χ3n) is 5.12. The Hall–Kier alpha value is -3.72. The molecule has 0 spiro atoms. The lowest BCUT2D eigenvalue weighted by atomic mass is 10.0. The molecule has 33 heavy (non-hydrogen) atoms. The number of benzene rings is 1. The van der Waals surface area contributed by atoms with Crippen molar-refractivity contribution in [1.82, 2.24) is 20.2 Å². The van der Waals surface area contributed by atoms with Gasteiger partial charge in [0.25, 0.3) is 5.91 Å². The van der Waals surface area contributed by atoms with Gasteiger partial charge in [0, 0.05) is 44.8 Å². The number of aromatic nitrogens is 2. The van der Waals surface area contributed by atoms with E-state index in [1.54, 1.807) is 6.07 Å². The van der Waals surface area contributed by atoms with Gasteiger partial charge in [-0.15, -0.1) is 0 Å². The second-order valence-electron chi connectivity index (χ2n) is 7.17. The van der Waals surface area contributed by atoms with Gasteiger partial charge in [-0.1, -0.05) is 0 Å².